The molecule has 182 valence electrons. The molecule has 0 bridgehead atoms. The van der Waals surface area contributed by atoms with Crippen molar-refractivity contribution in [1.82, 2.24) is 9.80 Å². The minimum Gasteiger partial charge on any atom is -0.493 e. The van der Waals surface area contributed by atoms with Crippen LogP contribution in [0.4, 0.5) is 0 Å². The zero-order valence-corrected chi connectivity index (χ0v) is 21.0. The minimum absolute atomic E-state index is 0.00858. The molecule has 7 heteroatoms. The number of carbonyl (C=O) groups is 2. The van der Waals surface area contributed by atoms with Gasteiger partial charge in [-0.15, -0.1) is 0 Å². The first-order valence-corrected chi connectivity index (χ1v) is 11.5. The number of hydrogen-bond acceptors (Lipinski definition) is 5. The van der Waals surface area contributed by atoms with Gasteiger partial charge in [0.25, 0.3) is 0 Å². The molecule has 2 aromatic rings. The van der Waals surface area contributed by atoms with Crippen molar-refractivity contribution in [3.63, 3.8) is 0 Å². The molecule has 0 N–H and O–H groups in total. The second kappa shape index (κ2) is 12.3. The first-order valence-electron chi connectivity index (χ1n) is 11.5. The fraction of sp³-hybridized carbons (Fsp3) is 0.538. The number of carbonyl (C=O) groups excluding carboxylic acids is 2. The van der Waals surface area contributed by atoms with Gasteiger partial charge in [-0.3, -0.25) is 9.59 Å². The Morgan fingerprint density at radius 1 is 0.970 bits per heavy atom. The third-order valence-electron chi connectivity index (χ3n) is 5.33. The van der Waals surface area contributed by atoms with Crippen LogP contribution in [0, 0.1) is 18.8 Å². The summed E-state index contributed by atoms with van der Waals surface area (Å²) in [6, 6.07) is 9.53. The highest BCUT2D eigenvalue weighted by molar-refractivity contribution is 5.85. The van der Waals surface area contributed by atoms with Crippen LogP contribution in [0.1, 0.15) is 44.8 Å². The Morgan fingerprint density at radius 2 is 1.67 bits per heavy atom. The maximum Gasteiger partial charge on any atom is 0.242 e. The highest BCUT2D eigenvalue weighted by Crippen LogP contribution is 2.27. The van der Waals surface area contributed by atoms with E-state index in [1.165, 1.54) is 0 Å². The van der Waals surface area contributed by atoms with Gasteiger partial charge in [0.2, 0.25) is 11.8 Å². The van der Waals surface area contributed by atoms with Crippen molar-refractivity contribution in [2.45, 2.75) is 47.6 Å². The van der Waals surface area contributed by atoms with Gasteiger partial charge in [-0.05, 0) is 49.1 Å². The number of amides is 2. The maximum atomic E-state index is 13.4. The molecule has 2 rings (SSSR count). The van der Waals surface area contributed by atoms with Crippen LogP contribution >= 0.6 is 0 Å². The molecule has 0 fully saturated rings. The normalized spacial score (nSPS) is 11.1. The summed E-state index contributed by atoms with van der Waals surface area (Å²) in [6.45, 7) is 11.1. The summed E-state index contributed by atoms with van der Waals surface area (Å²) in [7, 11) is 3.20. The van der Waals surface area contributed by atoms with Gasteiger partial charge in [-0.1, -0.05) is 33.8 Å². The van der Waals surface area contributed by atoms with Crippen LogP contribution in [0.2, 0.25) is 0 Å². The predicted molar refractivity (Wildman–Crippen MR) is 128 cm³/mol. The standard InChI is InChI=1S/C26H38N2O5/c1-18(2)15-28(26(30)19(3)4)17-25(29)27(16-22-10-8-20(5)33-22)13-12-21-9-11-23(31-6)24(14-21)32-7/h8-11,14,18-19H,12-13,15-17H2,1-7H3. The zero-order valence-electron chi connectivity index (χ0n) is 21.0. The summed E-state index contributed by atoms with van der Waals surface area (Å²) in [5.74, 6) is 2.84. The number of aryl methyl sites for hydroxylation is 1. The molecule has 0 unspecified atom stereocenters. The van der Waals surface area contributed by atoms with E-state index in [0.29, 0.717) is 37.6 Å². The van der Waals surface area contributed by atoms with Gasteiger partial charge in [0.15, 0.2) is 11.5 Å². The Labute approximate surface area is 197 Å². The molecule has 0 aliphatic carbocycles. The zero-order chi connectivity index (χ0) is 24.5. The van der Waals surface area contributed by atoms with E-state index >= 15 is 0 Å². The SMILES string of the molecule is COc1ccc(CCN(Cc2ccc(C)o2)C(=O)CN(CC(C)C)C(=O)C(C)C)cc1OC. The van der Waals surface area contributed by atoms with Crippen molar-refractivity contribution in [3.05, 3.63) is 47.4 Å². The van der Waals surface area contributed by atoms with Crippen LogP contribution in [-0.4, -0.2) is 55.5 Å². The topological polar surface area (TPSA) is 72.2 Å². The van der Waals surface area contributed by atoms with Crippen molar-refractivity contribution >= 4 is 11.8 Å². The van der Waals surface area contributed by atoms with Crippen molar-refractivity contribution in [2.75, 3.05) is 33.9 Å². The summed E-state index contributed by atoms with van der Waals surface area (Å²) in [6.07, 6.45) is 0.633. The highest BCUT2D eigenvalue weighted by atomic mass is 16.5. The number of rotatable bonds is 12. The Bertz CT molecular complexity index is 919. The van der Waals surface area contributed by atoms with Gasteiger partial charge in [-0.2, -0.15) is 0 Å². The van der Waals surface area contributed by atoms with Gasteiger partial charge in [0.05, 0.1) is 27.3 Å². The van der Waals surface area contributed by atoms with Crippen LogP contribution in [-0.2, 0) is 22.6 Å². The number of nitrogens with zero attached hydrogens (tertiary/aromatic N) is 2. The summed E-state index contributed by atoms with van der Waals surface area (Å²) in [5.41, 5.74) is 1.03. The van der Waals surface area contributed by atoms with E-state index in [2.05, 4.69) is 0 Å². The fourth-order valence-electron chi connectivity index (χ4n) is 3.65. The number of methoxy groups -OCH3 is 2. The van der Waals surface area contributed by atoms with Crippen molar-refractivity contribution in [1.29, 1.82) is 0 Å². The van der Waals surface area contributed by atoms with Crippen LogP contribution in [0.5, 0.6) is 11.5 Å². The minimum atomic E-state index is -0.163. The Balaban J connectivity index is 2.20. The monoisotopic (exact) mass is 458 g/mol. The summed E-state index contributed by atoms with van der Waals surface area (Å²) in [4.78, 5) is 29.5. The third kappa shape index (κ3) is 7.84. The van der Waals surface area contributed by atoms with Crippen LogP contribution in [0.15, 0.2) is 34.7 Å². The van der Waals surface area contributed by atoms with Crippen LogP contribution < -0.4 is 9.47 Å². The molecule has 0 atom stereocenters. The van der Waals surface area contributed by atoms with Crippen molar-refractivity contribution in [3.8, 4) is 11.5 Å². The maximum absolute atomic E-state index is 13.4. The quantitative estimate of drug-likeness (QED) is 0.474. The summed E-state index contributed by atoms with van der Waals surface area (Å²) < 4.78 is 16.4. The lowest BCUT2D eigenvalue weighted by Gasteiger charge is -2.29. The van der Waals surface area contributed by atoms with Gasteiger partial charge in [0.1, 0.15) is 11.5 Å². The van der Waals surface area contributed by atoms with Gasteiger partial charge >= 0.3 is 0 Å². The first kappa shape index (κ1) is 26.3. The van der Waals surface area contributed by atoms with E-state index in [1.807, 2.05) is 65.0 Å². The molecule has 7 nitrogen and oxygen atoms in total. The van der Waals surface area contributed by atoms with Gasteiger partial charge < -0.3 is 23.7 Å². The lowest BCUT2D eigenvalue weighted by Crippen LogP contribution is -2.45. The number of furan rings is 1. The third-order valence-corrected chi connectivity index (χ3v) is 5.33. The van der Waals surface area contributed by atoms with Gasteiger partial charge in [-0.25, -0.2) is 0 Å². The lowest BCUT2D eigenvalue weighted by atomic mass is 10.1. The van der Waals surface area contributed by atoms with Crippen molar-refractivity contribution < 1.29 is 23.5 Å². The van der Waals surface area contributed by atoms with E-state index in [-0.39, 0.29) is 30.2 Å². The van der Waals surface area contributed by atoms with Crippen LogP contribution in [0.25, 0.3) is 0 Å². The van der Waals surface area contributed by atoms with Gasteiger partial charge in [0, 0.05) is 19.0 Å². The number of benzene rings is 1. The Kier molecular flexibility index (Phi) is 9.82. The predicted octanol–water partition coefficient (Wildman–Crippen LogP) is 4.32. The second-order valence-corrected chi connectivity index (χ2v) is 9.03. The van der Waals surface area contributed by atoms with E-state index in [9.17, 15) is 9.59 Å². The highest BCUT2D eigenvalue weighted by Gasteiger charge is 2.24. The molecule has 0 saturated carbocycles. The lowest BCUT2D eigenvalue weighted by molar-refractivity contribution is -0.143. The Hall–Kier alpha value is -2.96. The van der Waals surface area contributed by atoms with Crippen LogP contribution in [0.3, 0.4) is 0 Å². The average Bonchev–Trinajstić information content (AvgIpc) is 3.19. The summed E-state index contributed by atoms with van der Waals surface area (Å²) in [5, 5.41) is 0. The largest absolute Gasteiger partial charge is 0.493 e. The molecule has 0 spiro atoms. The second-order valence-electron chi connectivity index (χ2n) is 9.03. The molecule has 1 aromatic carbocycles. The van der Waals surface area contributed by atoms with E-state index < -0.39 is 0 Å². The summed E-state index contributed by atoms with van der Waals surface area (Å²) >= 11 is 0. The van der Waals surface area contributed by atoms with E-state index in [1.54, 1.807) is 24.0 Å². The molecule has 0 aliphatic heterocycles. The molecule has 2 amide bonds. The molecule has 33 heavy (non-hydrogen) atoms. The van der Waals surface area contributed by atoms with E-state index in [0.717, 1.165) is 17.1 Å². The molecular formula is C26H38N2O5. The smallest absolute Gasteiger partial charge is 0.242 e. The average molecular weight is 459 g/mol. The molecule has 0 radical (unpaired) electrons. The molecule has 1 heterocycles. The van der Waals surface area contributed by atoms with E-state index in [4.69, 9.17) is 13.9 Å². The number of hydrogen-bond donors (Lipinski definition) is 0. The fourth-order valence-corrected chi connectivity index (χ4v) is 3.65. The molecule has 0 saturated heterocycles. The van der Waals surface area contributed by atoms with Crippen molar-refractivity contribution in [2.24, 2.45) is 11.8 Å². The molecular weight excluding hydrogens is 420 g/mol. The first-order chi connectivity index (χ1) is 15.6. The molecule has 0 aliphatic rings. The number of ether oxygens (including phenoxy) is 2. The molecule has 1 aromatic heterocycles. The Morgan fingerprint density at radius 3 is 2.21 bits per heavy atom.